The molecule has 1 radical (unpaired) electrons. The molecule has 1 heterocycles. The highest BCUT2D eigenvalue weighted by atomic mass is 15.5. The van der Waals surface area contributed by atoms with E-state index >= 15 is 0 Å². The van der Waals surface area contributed by atoms with Crippen LogP contribution in [0.25, 0.3) is 0 Å². The van der Waals surface area contributed by atoms with Crippen LogP contribution in [0.4, 0.5) is 0 Å². The maximum absolute atomic E-state index is 3.80. The molecule has 1 saturated carbocycles. The van der Waals surface area contributed by atoms with Crippen molar-refractivity contribution in [1.29, 1.82) is 0 Å². The van der Waals surface area contributed by atoms with Gasteiger partial charge in [-0.25, -0.2) is 4.68 Å². The van der Waals surface area contributed by atoms with Gasteiger partial charge >= 0.3 is 0 Å². The molecule has 0 saturated heterocycles. The Morgan fingerprint density at radius 2 is 2.10 bits per heavy atom. The Morgan fingerprint density at radius 3 is 2.70 bits per heavy atom. The van der Waals surface area contributed by atoms with E-state index in [1.54, 1.807) is 4.68 Å². The summed E-state index contributed by atoms with van der Waals surface area (Å²) in [4.78, 5) is 0. The van der Waals surface area contributed by atoms with Gasteiger partial charge in [0, 0.05) is 0 Å². The van der Waals surface area contributed by atoms with E-state index in [4.69, 9.17) is 0 Å². The van der Waals surface area contributed by atoms with E-state index in [2.05, 4.69) is 21.9 Å². The van der Waals surface area contributed by atoms with Gasteiger partial charge in [0.2, 0.25) is 6.33 Å². The van der Waals surface area contributed by atoms with Gasteiger partial charge in [-0.1, -0.05) is 12.8 Å². The first kappa shape index (κ1) is 5.82. The fourth-order valence-corrected chi connectivity index (χ4v) is 1.45. The predicted octanol–water partition coefficient (Wildman–Crippen LogP) is 0.588. The van der Waals surface area contributed by atoms with Crippen LogP contribution >= 0.6 is 0 Å². The summed E-state index contributed by atoms with van der Waals surface area (Å²) in [6.45, 7) is 0. The molecular weight excluding hydrogens is 128 g/mol. The zero-order chi connectivity index (χ0) is 6.81. The van der Waals surface area contributed by atoms with Crippen LogP contribution in [0.5, 0.6) is 0 Å². The Labute approximate surface area is 59.2 Å². The first-order valence-corrected chi connectivity index (χ1v) is 3.62. The number of hydrogen-bond acceptors (Lipinski definition) is 3. The van der Waals surface area contributed by atoms with Crippen molar-refractivity contribution >= 4 is 0 Å². The fraction of sp³-hybridized carbons (Fsp3) is 0.833. The Bertz CT molecular complexity index is 188. The summed E-state index contributed by atoms with van der Waals surface area (Å²) in [6.07, 6.45) is 7.75. The van der Waals surface area contributed by atoms with Crippen molar-refractivity contribution in [2.45, 2.75) is 31.7 Å². The summed E-state index contributed by atoms with van der Waals surface area (Å²) < 4.78 is 1.74. The molecule has 2 rings (SSSR count). The molecule has 1 aliphatic carbocycles. The molecule has 53 valence electrons. The molecule has 0 atom stereocenters. The highest BCUT2D eigenvalue weighted by Crippen LogP contribution is 2.27. The molecule has 0 amide bonds. The van der Waals surface area contributed by atoms with Crippen LogP contribution in [0.15, 0.2) is 0 Å². The molecule has 0 spiro atoms. The molecule has 10 heavy (non-hydrogen) atoms. The molecule has 1 aliphatic rings. The SMILES string of the molecule is [c]1nnnn1C1CCCC1. The molecule has 4 heteroatoms. The lowest BCUT2D eigenvalue weighted by Gasteiger charge is -2.04. The molecular formula is C6H9N4. The van der Waals surface area contributed by atoms with Crippen LogP contribution in [-0.4, -0.2) is 20.2 Å². The molecule has 1 fully saturated rings. The molecule has 4 nitrogen and oxygen atoms in total. The van der Waals surface area contributed by atoms with Crippen LogP contribution < -0.4 is 0 Å². The van der Waals surface area contributed by atoms with Crippen LogP contribution in [0, 0.1) is 6.33 Å². The number of aromatic nitrogens is 4. The fourth-order valence-electron chi connectivity index (χ4n) is 1.45. The number of tetrazole rings is 1. The second-order valence-corrected chi connectivity index (χ2v) is 2.66. The van der Waals surface area contributed by atoms with E-state index in [0.717, 1.165) is 0 Å². The van der Waals surface area contributed by atoms with Crippen molar-refractivity contribution in [2.24, 2.45) is 0 Å². The Kier molecular flexibility index (Phi) is 1.38. The van der Waals surface area contributed by atoms with E-state index in [9.17, 15) is 0 Å². The minimum absolute atomic E-state index is 0.523. The Morgan fingerprint density at radius 1 is 1.30 bits per heavy atom. The molecule has 0 N–H and O–H groups in total. The van der Waals surface area contributed by atoms with Crippen LogP contribution in [0.3, 0.4) is 0 Å². The first-order valence-electron chi connectivity index (χ1n) is 3.62. The second-order valence-electron chi connectivity index (χ2n) is 2.66. The summed E-state index contributed by atoms with van der Waals surface area (Å²) in [6, 6.07) is 0.523. The van der Waals surface area contributed by atoms with Crippen molar-refractivity contribution in [2.75, 3.05) is 0 Å². The summed E-state index contributed by atoms with van der Waals surface area (Å²) in [7, 11) is 0. The van der Waals surface area contributed by atoms with Gasteiger partial charge in [-0.3, -0.25) is 0 Å². The highest BCUT2D eigenvalue weighted by molar-refractivity contribution is 4.70. The van der Waals surface area contributed by atoms with Gasteiger partial charge in [-0.15, -0.1) is 5.10 Å². The predicted molar refractivity (Wildman–Crippen MR) is 34.2 cm³/mol. The maximum atomic E-state index is 3.80. The van der Waals surface area contributed by atoms with Crippen molar-refractivity contribution in [3.63, 3.8) is 0 Å². The van der Waals surface area contributed by atoms with Gasteiger partial charge in [0.05, 0.1) is 6.04 Å². The molecule has 1 aromatic heterocycles. The largest absolute Gasteiger partial charge is 0.221 e. The van der Waals surface area contributed by atoms with Gasteiger partial charge in [0.1, 0.15) is 0 Å². The lowest BCUT2D eigenvalue weighted by Crippen LogP contribution is -2.05. The third-order valence-electron chi connectivity index (χ3n) is 2.00. The van der Waals surface area contributed by atoms with Gasteiger partial charge in [-0.05, 0) is 23.3 Å². The van der Waals surface area contributed by atoms with Gasteiger partial charge < -0.3 is 0 Å². The van der Waals surface area contributed by atoms with E-state index < -0.39 is 0 Å². The first-order chi connectivity index (χ1) is 4.97. The standard InChI is InChI=1S/C6H9N4/c1-2-4-6(3-1)10-5-7-8-9-10/h6H,1-4H2. The number of rotatable bonds is 1. The summed E-state index contributed by atoms with van der Waals surface area (Å²) in [5, 5.41) is 10.8. The smallest absolute Gasteiger partial charge is 0.220 e. The topological polar surface area (TPSA) is 43.6 Å². The van der Waals surface area contributed by atoms with Crippen molar-refractivity contribution in [3.8, 4) is 0 Å². The Balaban J connectivity index is 2.12. The molecule has 1 aromatic rings. The maximum Gasteiger partial charge on any atom is 0.221 e. The van der Waals surface area contributed by atoms with E-state index in [0.29, 0.717) is 6.04 Å². The van der Waals surface area contributed by atoms with Crippen molar-refractivity contribution in [1.82, 2.24) is 20.2 Å². The summed E-state index contributed by atoms with van der Waals surface area (Å²) >= 11 is 0. The molecule has 0 aliphatic heterocycles. The average Bonchev–Trinajstić information content (AvgIpc) is 2.59. The third-order valence-corrected chi connectivity index (χ3v) is 2.00. The lowest BCUT2D eigenvalue weighted by molar-refractivity contribution is 0.451. The van der Waals surface area contributed by atoms with Crippen molar-refractivity contribution in [3.05, 3.63) is 6.33 Å². The average molecular weight is 137 g/mol. The van der Waals surface area contributed by atoms with E-state index in [1.165, 1.54) is 25.7 Å². The van der Waals surface area contributed by atoms with Crippen LogP contribution in [0.2, 0.25) is 0 Å². The summed E-state index contributed by atoms with van der Waals surface area (Å²) in [5.41, 5.74) is 0. The minimum Gasteiger partial charge on any atom is -0.220 e. The van der Waals surface area contributed by atoms with Gasteiger partial charge in [-0.2, -0.15) is 0 Å². The highest BCUT2D eigenvalue weighted by Gasteiger charge is 2.17. The lowest BCUT2D eigenvalue weighted by atomic mass is 10.3. The quantitative estimate of drug-likeness (QED) is 0.569. The molecule has 0 unspecified atom stereocenters. The molecule has 0 bridgehead atoms. The monoisotopic (exact) mass is 137 g/mol. The summed E-state index contributed by atoms with van der Waals surface area (Å²) in [5.74, 6) is 0. The second kappa shape index (κ2) is 2.36. The zero-order valence-corrected chi connectivity index (χ0v) is 5.69. The van der Waals surface area contributed by atoms with E-state index in [1.807, 2.05) is 0 Å². The van der Waals surface area contributed by atoms with Crippen molar-refractivity contribution < 1.29 is 0 Å². The van der Waals surface area contributed by atoms with Crippen LogP contribution in [-0.2, 0) is 0 Å². The zero-order valence-electron chi connectivity index (χ0n) is 5.69. The minimum atomic E-state index is 0.523. The third kappa shape index (κ3) is 0.894. The number of hydrogen-bond donors (Lipinski definition) is 0. The Hall–Kier alpha value is -0.930. The van der Waals surface area contributed by atoms with E-state index in [-0.39, 0.29) is 0 Å². The molecule has 0 aromatic carbocycles. The van der Waals surface area contributed by atoms with Crippen LogP contribution in [0.1, 0.15) is 31.7 Å². The number of nitrogens with zero attached hydrogens (tertiary/aromatic N) is 4. The van der Waals surface area contributed by atoms with Gasteiger partial charge in [0.25, 0.3) is 0 Å². The van der Waals surface area contributed by atoms with Gasteiger partial charge in [0.15, 0.2) is 0 Å². The normalized spacial score (nSPS) is 20.0.